The molecule has 7 nitrogen and oxygen atoms in total. The Kier molecular flexibility index (Phi) is 6.55. The van der Waals surface area contributed by atoms with Gasteiger partial charge >= 0.3 is 11.6 Å². The number of fused-ring (bicyclic) bond motifs is 3. The SMILES string of the molecule is COC(=O)c1c(NC(=O)COc2ccc3c4c(c(=O)oc3c2)CCC4)sc(C)c1-c1ccc(Cl)cc1. The second-order valence-electron chi connectivity index (χ2n) is 8.43. The number of carbonyl (C=O) groups excluding carboxylic acids is 2. The minimum Gasteiger partial charge on any atom is -0.484 e. The number of ether oxygens (including phenoxy) is 2. The van der Waals surface area contributed by atoms with E-state index in [1.165, 1.54) is 18.4 Å². The van der Waals surface area contributed by atoms with Gasteiger partial charge in [0.15, 0.2) is 6.61 Å². The van der Waals surface area contributed by atoms with Gasteiger partial charge in [0.2, 0.25) is 0 Å². The number of amides is 1. The molecule has 0 atom stereocenters. The van der Waals surface area contributed by atoms with Crippen LogP contribution in [0.1, 0.15) is 32.8 Å². The van der Waals surface area contributed by atoms with Crippen LogP contribution in [0.3, 0.4) is 0 Å². The van der Waals surface area contributed by atoms with Gasteiger partial charge in [-0.25, -0.2) is 9.59 Å². The number of hydrogen-bond acceptors (Lipinski definition) is 7. The summed E-state index contributed by atoms with van der Waals surface area (Å²) in [6, 6.07) is 12.3. The lowest BCUT2D eigenvalue weighted by Crippen LogP contribution is -2.21. The number of benzene rings is 2. The molecular formula is C27H22ClNO6S. The number of esters is 1. The van der Waals surface area contributed by atoms with E-state index in [-0.39, 0.29) is 17.8 Å². The zero-order valence-electron chi connectivity index (χ0n) is 19.6. The molecule has 1 aliphatic carbocycles. The van der Waals surface area contributed by atoms with Crippen LogP contribution in [0.2, 0.25) is 5.02 Å². The Morgan fingerprint density at radius 2 is 1.86 bits per heavy atom. The third-order valence-corrected chi connectivity index (χ3v) is 7.45. The lowest BCUT2D eigenvalue weighted by atomic mass is 10.0. The average Bonchev–Trinajstić information content (AvgIpc) is 3.48. The van der Waals surface area contributed by atoms with Crippen LogP contribution >= 0.6 is 22.9 Å². The summed E-state index contributed by atoms with van der Waals surface area (Å²) < 4.78 is 16.1. The Hall–Kier alpha value is -3.62. The molecule has 184 valence electrons. The molecule has 0 spiro atoms. The van der Waals surface area contributed by atoms with Crippen molar-refractivity contribution < 1.29 is 23.5 Å². The summed E-state index contributed by atoms with van der Waals surface area (Å²) in [5.74, 6) is -0.603. The Balaban J connectivity index is 1.36. The standard InChI is InChI=1S/C27H22ClNO6S/c1-14-23(15-6-8-16(28)9-7-15)24(27(32)33-2)25(36-14)29-22(30)13-34-17-10-11-19-18-4-3-5-20(18)26(31)35-21(19)12-17/h6-12H,3-5,13H2,1-2H3,(H,29,30). The molecule has 0 saturated carbocycles. The highest BCUT2D eigenvalue weighted by Gasteiger charge is 2.25. The van der Waals surface area contributed by atoms with E-state index in [0.29, 0.717) is 26.9 Å². The molecule has 9 heteroatoms. The number of aryl methyl sites for hydroxylation is 2. The summed E-state index contributed by atoms with van der Waals surface area (Å²) >= 11 is 7.29. The van der Waals surface area contributed by atoms with Crippen molar-refractivity contribution in [1.82, 2.24) is 0 Å². The van der Waals surface area contributed by atoms with Crippen LogP contribution < -0.4 is 15.7 Å². The van der Waals surface area contributed by atoms with Gasteiger partial charge in [-0.3, -0.25) is 4.79 Å². The number of anilines is 1. The lowest BCUT2D eigenvalue weighted by molar-refractivity contribution is -0.118. The maximum Gasteiger partial charge on any atom is 0.341 e. The molecule has 36 heavy (non-hydrogen) atoms. The van der Waals surface area contributed by atoms with E-state index in [1.807, 2.05) is 25.1 Å². The number of rotatable bonds is 6. The largest absolute Gasteiger partial charge is 0.484 e. The molecule has 0 saturated heterocycles. The highest BCUT2D eigenvalue weighted by Crippen LogP contribution is 2.40. The topological polar surface area (TPSA) is 94.8 Å². The number of halogens is 1. The van der Waals surface area contributed by atoms with Crippen LogP contribution in [-0.2, 0) is 22.4 Å². The van der Waals surface area contributed by atoms with E-state index in [2.05, 4.69) is 5.32 Å². The number of carbonyl (C=O) groups is 2. The fourth-order valence-corrected chi connectivity index (χ4v) is 5.77. The smallest absolute Gasteiger partial charge is 0.341 e. The second-order valence-corrected chi connectivity index (χ2v) is 10.1. The Morgan fingerprint density at radius 1 is 1.11 bits per heavy atom. The van der Waals surface area contributed by atoms with Crippen molar-refractivity contribution in [3.05, 3.63) is 79.5 Å². The van der Waals surface area contributed by atoms with Gasteiger partial charge < -0.3 is 19.2 Å². The maximum atomic E-state index is 12.7. The molecule has 1 aliphatic rings. The lowest BCUT2D eigenvalue weighted by Gasteiger charge is -2.10. The van der Waals surface area contributed by atoms with Crippen molar-refractivity contribution in [3.8, 4) is 16.9 Å². The third kappa shape index (κ3) is 4.50. The predicted molar refractivity (Wildman–Crippen MR) is 139 cm³/mol. The summed E-state index contributed by atoms with van der Waals surface area (Å²) in [6.07, 6.45) is 2.52. The fourth-order valence-electron chi connectivity index (χ4n) is 4.56. The van der Waals surface area contributed by atoms with E-state index in [9.17, 15) is 14.4 Å². The summed E-state index contributed by atoms with van der Waals surface area (Å²) in [4.78, 5) is 38.5. The molecule has 2 aromatic carbocycles. The van der Waals surface area contributed by atoms with Gasteiger partial charge in [-0.2, -0.15) is 0 Å². The molecule has 0 fully saturated rings. The minimum absolute atomic E-state index is 0.275. The average molecular weight is 524 g/mol. The van der Waals surface area contributed by atoms with E-state index in [0.717, 1.165) is 46.2 Å². The van der Waals surface area contributed by atoms with Gasteiger partial charge in [-0.05, 0) is 61.6 Å². The van der Waals surface area contributed by atoms with Crippen LogP contribution in [-0.4, -0.2) is 25.6 Å². The fraction of sp³-hybridized carbons (Fsp3) is 0.222. The van der Waals surface area contributed by atoms with Gasteiger partial charge in [-0.15, -0.1) is 11.3 Å². The monoisotopic (exact) mass is 523 g/mol. The van der Waals surface area contributed by atoms with E-state index < -0.39 is 11.9 Å². The number of hydrogen-bond donors (Lipinski definition) is 1. The normalized spacial score (nSPS) is 12.4. The van der Waals surface area contributed by atoms with Gasteiger partial charge in [-0.1, -0.05) is 23.7 Å². The zero-order chi connectivity index (χ0) is 25.4. The Bertz CT molecular complexity index is 1550. The molecule has 0 aliphatic heterocycles. The summed E-state index contributed by atoms with van der Waals surface area (Å²) in [7, 11) is 1.29. The number of methoxy groups -OCH3 is 1. The first-order valence-electron chi connectivity index (χ1n) is 11.3. The molecular weight excluding hydrogens is 502 g/mol. The van der Waals surface area contributed by atoms with Gasteiger partial charge in [0.05, 0.1) is 7.11 Å². The molecule has 2 heterocycles. The van der Waals surface area contributed by atoms with Crippen molar-refractivity contribution in [3.63, 3.8) is 0 Å². The maximum absolute atomic E-state index is 12.7. The van der Waals surface area contributed by atoms with Crippen LogP contribution in [0, 0.1) is 6.92 Å². The highest BCUT2D eigenvalue weighted by molar-refractivity contribution is 7.17. The Morgan fingerprint density at radius 3 is 2.61 bits per heavy atom. The molecule has 4 aromatic rings. The molecule has 1 N–H and O–H groups in total. The van der Waals surface area contributed by atoms with Crippen LogP contribution in [0.4, 0.5) is 5.00 Å². The summed E-state index contributed by atoms with van der Waals surface area (Å²) in [5.41, 5.74) is 3.65. The molecule has 2 aromatic heterocycles. The first-order chi connectivity index (χ1) is 17.4. The summed E-state index contributed by atoms with van der Waals surface area (Å²) in [6.45, 7) is 1.57. The van der Waals surface area contributed by atoms with E-state index in [4.69, 9.17) is 25.5 Å². The van der Waals surface area contributed by atoms with Crippen molar-refractivity contribution in [2.75, 3.05) is 19.0 Å². The van der Waals surface area contributed by atoms with Crippen molar-refractivity contribution in [2.24, 2.45) is 0 Å². The Labute approximate surface area is 215 Å². The van der Waals surface area contributed by atoms with Gasteiger partial charge in [0.25, 0.3) is 5.91 Å². The molecule has 0 bridgehead atoms. The van der Waals surface area contributed by atoms with Crippen LogP contribution in [0.15, 0.2) is 51.7 Å². The van der Waals surface area contributed by atoms with E-state index >= 15 is 0 Å². The molecule has 5 rings (SSSR count). The number of thiophene rings is 1. The van der Waals surface area contributed by atoms with Crippen molar-refractivity contribution >= 4 is 50.8 Å². The third-order valence-electron chi connectivity index (χ3n) is 6.17. The quantitative estimate of drug-likeness (QED) is 0.254. The zero-order valence-corrected chi connectivity index (χ0v) is 21.2. The number of nitrogens with one attached hydrogen (secondary N) is 1. The first kappa shape index (κ1) is 24.1. The van der Waals surface area contributed by atoms with Crippen LogP contribution in [0.25, 0.3) is 22.1 Å². The van der Waals surface area contributed by atoms with Crippen LogP contribution in [0.5, 0.6) is 5.75 Å². The summed E-state index contributed by atoms with van der Waals surface area (Å²) in [5, 5.41) is 4.62. The minimum atomic E-state index is -0.558. The van der Waals surface area contributed by atoms with Gasteiger partial charge in [0, 0.05) is 32.5 Å². The first-order valence-corrected chi connectivity index (χ1v) is 12.5. The van der Waals surface area contributed by atoms with Crippen molar-refractivity contribution in [1.29, 1.82) is 0 Å². The van der Waals surface area contributed by atoms with Crippen molar-refractivity contribution in [2.45, 2.75) is 26.2 Å². The second kappa shape index (κ2) is 9.79. The van der Waals surface area contributed by atoms with E-state index in [1.54, 1.807) is 24.3 Å². The molecule has 1 amide bonds. The molecule has 0 unspecified atom stereocenters. The predicted octanol–water partition coefficient (Wildman–Crippen LogP) is 5.78. The molecule has 0 radical (unpaired) electrons. The highest BCUT2D eigenvalue weighted by atomic mass is 35.5. The van der Waals surface area contributed by atoms with Gasteiger partial charge in [0.1, 0.15) is 21.9 Å².